The number of aromatic nitrogens is 2. The van der Waals surface area contributed by atoms with Gasteiger partial charge < -0.3 is 9.47 Å². The standard InChI is InChI=1S/C24H27N3OS/c1-29-16-23-25-20-10-4-5-11-22(20)26(23)15-24(28)27(18-13-14-18)21-12-6-8-17-7-2-3-9-19(17)21/h2-5,7,9-11,18,21H,6,8,12-16H2,1H3/t21-/m0/s1. The Hall–Kier alpha value is -2.27. The maximum Gasteiger partial charge on any atom is 0.243 e. The molecule has 0 radical (unpaired) electrons. The van der Waals surface area contributed by atoms with Gasteiger partial charge in [0.15, 0.2) is 0 Å². The molecular formula is C24H27N3OS. The van der Waals surface area contributed by atoms with Crippen LogP contribution in [0.15, 0.2) is 48.5 Å². The molecule has 2 aliphatic carbocycles. The van der Waals surface area contributed by atoms with E-state index in [4.69, 9.17) is 4.98 Å². The van der Waals surface area contributed by atoms with Gasteiger partial charge in [0.25, 0.3) is 0 Å². The van der Waals surface area contributed by atoms with E-state index in [2.05, 4.69) is 46.1 Å². The topological polar surface area (TPSA) is 38.1 Å². The molecule has 5 rings (SSSR count). The molecule has 1 atom stereocenters. The SMILES string of the molecule is CSCc1nc2ccccc2n1CC(=O)N(C1CC1)[C@H]1CCCc2ccccc21. The number of hydrogen-bond acceptors (Lipinski definition) is 3. The van der Waals surface area contributed by atoms with Crippen LogP contribution in [-0.4, -0.2) is 32.7 Å². The second kappa shape index (κ2) is 7.86. The van der Waals surface area contributed by atoms with Crippen LogP contribution in [0.2, 0.25) is 0 Å². The van der Waals surface area contributed by atoms with E-state index in [1.165, 1.54) is 11.1 Å². The zero-order valence-corrected chi connectivity index (χ0v) is 17.7. The minimum Gasteiger partial charge on any atom is -0.331 e. The van der Waals surface area contributed by atoms with Gasteiger partial charge in [0.05, 0.1) is 22.8 Å². The Morgan fingerprint density at radius 2 is 1.93 bits per heavy atom. The maximum absolute atomic E-state index is 13.7. The van der Waals surface area contributed by atoms with Gasteiger partial charge in [-0.1, -0.05) is 36.4 Å². The van der Waals surface area contributed by atoms with E-state index in [-0.39, 0.29) is 11.9 Å². The molecule has 29 heavy (non-hydrogen) atoms. The second-order valence-electron chi connectivity index (χ2n) is 8.17. The van der Waals surface area contributed by atoms with Gasteiger partial charge in [-0.3, -0.25) is 4.79 Å². The first-order chi connectivity index (χ1) is 14.3. The molecule has 1 aromatic heterocycles. The molecule has 150 valence electrons. The lowest BCUT2D eigenvalue weighted by molar-refractivity contribution is -0.135. The lowest BCUT2D eigenvalue weighted by Gasteiger charge is -2.36. The quantitative estimate of drug-likeness (QED) is 0.581. The highest BCUT2D eigenvalue weighted by Gasteiger charge is 2.39. The maximum atomic E-state index is 13.7. The molecule has 1 heterocycles. The Morgan fingerprint density at radius 3 is 2.76 bits per heavy atom. The summed E-state index contributed by atoms with van der Waals surface area (Å²) in [5.41, 5.74) is 4.81. The molecule has 0 N–H and O–H groups in total. The van der Waals surface area contributed by atoms with Crippen molar-refractivity contribution in [1.82, 2.24) is 14.5 Å². The molecule has 2 aromatic carbocycles. The molecule has 0 aliphatic heterocycles. The van der Waals surface area contributed by atoms with Crippen LogP contribution in [-0.2, 0) is 23.5 Å². The molecule has 1 amide bonds. The van der Waals surface area contributed by atoms with E-state index in [1.807, 2.05) is 18.2 Å². The van der Waals surface area contributed by atoms with Gasteiger partial charge in [-0.15, -0.1) is 0 Å². The lowest BCUT2D eigenvalue weighted by atomic mass is 9.86. The molecule has 0 bridgehead atoms. The number of amides is 1. The van der Waals surface area contributed by atoms with E-state index in [0.717, 1.165) is 54.7 Å². The summed E-state index contributed by atoms with van der Waals surface area (Å²) in [6, 6.07) is 17.5. The molecule has 0 saturated heterocycles. The van der Waals surface area contributed by atoms with Crippen LogP contribution < -0.4 is 0 Å². The fraction of sp³-hybridized carbons (Fsp3) is 0.417. The first-order valence-corrected chi connectivity index (χ1v) is 12.0. The summed E-state index contributed by atoms with van der Waals surface area (Å²) < 4.78 is 2.14. The minimum atomic E-state index is 0.221. The van der Waals surface area contributed by atoms with Crippen molar-refractivity contribution in [3.63, 3.8) is 0 Å². The monoisotopic (exact) mass is 405 g/mol. The molecule has 0 unspecified atom stereocenters. The van der Waals surface area contributed by atoms with Crippen molar-refractivity contribution in [3.8, 4) is 0 Å². The number of carbonyl (C=O) groups excluding carboxylic acids is 1. The van der Waals surface area contributed by atoms with Crippen LogP contribution >= 0.6 is 11.8 Å². The lowest BCUT2D eigenvalue weighted by Crippen LogP contribution is -2.40. The van der Waals surface area contributed by atoms with Crippen LogP contribution in [0.3, 0.4) is 0 Å². The average molecular weight is 406 g/mol. The first-order valence-electron chi connectivity index (χ1n) is 10.6. The predicted octanol–water partition coefficient (Wildman–Crippen LogP) is 4.97. The summed E-state index contributed by atoms with van der Waals surface area (Å²) in [5, 5.41) is 0. The van der Waals surface area contributed by atoms with E-state index in [1.54, 1.807) is 11.8 Å². The zero-order chi connectivity index (χ0) is 19.8. The molecule has 1 fully saturated rings. The third-order valence-electron chi connectivity index (χ3n) is 6.20. The van der Waals surface area contributed by atoms with Crippen LogP contribution in [0, 0.1) is 0 Å². The normalized spacial score (nSPS) is 18.6. The summed E-state index contributed by atoms with van der Waals surface area (Å²) in [6.45, 7) is 0.381. The summed E-state index contributed by atoms with van der Waals surface area (Å²) in [6.07, 6.45) is 7.70. The number of carbonyl (C=O) groups is 1. The van der Waals surface area contributed by atoms with Crippen LogP contribution in [0.5, 0.6) is 0 Å². The molecule has 4 nitrogen and oxygen atoms in total. The first kappa shape index (κ1) is 18.7. The number of thioether (sulfide) groups is 1. The Labute approximate surface area is 176 Å². The van der Waals surface area contributed by atoms with E-state index < -0.39 is 0 Å². The fourth-order valence-electron chi connectivity index (χ4n) is 4.76. The molecule has 5 heteroatoms. The van der Waals surface area contributed by atoms with Crippen molar-refractivity contribution >= 4 is 28.7 Å². The highest BCUT2D eigenvalue weighted by Crippen LogP contribution is 2.41. The summed E-state index contributed by atoms with van der Waals surface area (Å²) in [5.74, 6) is 2.05. The Kier molecular flexibility index (Phi) is 5.08. The van der Waals surface area contributed by atoms with E-state index in [0.29, 0.717) is 12.6 Å². The van der Waals surface area contributed by atoms with Crippen molar-refractivity contribution in [2.45, 2.75) is 56.5 Å². The van der Waals surface area contributed by atoms with Gasteiger partial charge in [-0.2, -0.15) is 11.8 Å². The van der Waals surface area contributed by atoms with Crippen molar-refractivity contribution in [2.24, 2.45) is 0 Å². The number of nitrogens with zero attached hydrogens (tertiary/aromatic N) is 3. The van der Waals surface area contributed by atoms with Crippen molar-refractivity contribution in [3.05, 3.63) is 65.5 Å². The Morgan fingerprint density at radius 1 is 1.14 bits per heavy atom. The van der Waals surface area contributed by atoms with Gasteiger partial charge >= 0.3 is 0 Å². The third-order valence-corrected chi connectivity index (χ3v) is 6.75. The smallest absolute Gasteiger partial charge is 0.243 e. The number of benzene rings is 2. The predicted molar refractivity (Wildman–Crippen MR) is 119 cm³/mol. The number of rotatable bonds is 6. The van der Waals surface area contributed by atoms with E-state index >= 15 is 0 Å². The number of aryl methyl sites for hydroxylation is 1. The largest absolute Gasteiger partial charge is 0.331 e. The van der Waals surface area contributed by atoms with Gasteiger partial charge in [0, 0.05) is 6.04 Å². The van der Waals surface area contributed by atoms with Crippen molar-refractivity contribution in [2.75, 3.05) is 6.26 Å². The molecule has 3 aromatic rings. The number of fused-ring (bicyclic) bond motifs is 2. The fourth-order valence-corrected chi connectivity index (χ4v) is 5.24. The Bertz CT molecular complexity index is 1040. The molecular weight excluding hydrogens is 378 g/mol. The van der Waals surface area contributed by atoms with Crippen molar-refractivity contribution < 1.29 is 4.79 Å². The van der Waals surface area contributed by atoms with E-state index in [9.17, 15) is 4.79 Å². The highest BCUT2D eigenvalue weighted by molar-refractivity contribution is 7.97. The third kappa shape index (κ3) is 3.57. The summed E-state index contributed by atoms with van der Waals surface area (Å²) >= 11 is 1.75. The van der Waals surface area contributed by atoms with Crippen LogP contribution in [0.25, 0.3) is 11.0 Å². The average Bonchev–Trinajstić information content (AvgIpc) is 3.52. The number of para-hydroxylation sites is 2. The van der Waals surface area contributed by atoms with Crippen LogP contribution in [0.4, 0.5) is 0 Å². The molecule has 0 spiro atoms. The summed E-state index contributed by atoms with van der Waals surface area (Å²) in [4.78, 5) is 20.7. The molecule has 2 aliphatic rings. The van der Waals surface area contributed by atoms with Gasteiger partial charge in [0.2, 0.25) is 5.91 Å². The van der Waals surface area contributed by atoms with Gasteiger partial charge in [-0.25, -0.2) is 4.98 Å². The Balaban J connectivity index is 1.48. The number of imidazole rings is 1. The van der Waals surface area contributed by atoms with Crippen molar-refractivity contribution in [1.29, 1.82) is 0 Å². The second-order valence-corrected chi connectivity index (χ2v) is 9.04. The molecule has 1 saturated carbocycles. The van der Waals surface area contributed by atoms with Gasteiger partial charge in [-0.05, 0) is 61.6 Å². The minimum absolute atomic E-state index is 0.221. The highest BCUT2D eigenvalue weighted by atomic mass is 32.2. The summed E-state index contributed by atoms with van der Waals surface area (Å²) in [7, 11) is 0. The zero-order valence-electron chi connectivity index (χ0n) is 16.9. The van der Waals surface area contributed by atoms with Gasteiger partial charge in [0.1, 0.15) is 12.4 Å². The number of hydrogen-bond donors (Lipinski definition) is 0. The van der Waals surface area contributed by atoms with Crippen LogP contribution in [0.1, 0.15) is 48.7 Å².